The van der Waals surface area contributed by atoms with Gasteiger partial charge in [-0.1, -0.05) is 25.8 Å². The van der Waals surface area contributed by atoms with E-state index in [1.165, 1.54) is 25.0 Å². The normalized spacial score (nSPS) is 10.2. The third kappa shape index (κ3) is 3.32. The van der Waals surface area contributed by atoms with E-state index in [4.69, 9.17) is 0 Å². The summed E-state index contributed by atoms with van der Waals surface area (Å²) in [5.41, 5.74) is 1.22. The first-order valence-electron chi connectivity index (χ1n) is 4.53. The first-order valence-corrected chi connectivity index (χ1v) is 5.11. The highest BCUT2D eigenvalue weighted by Gasteiger charge is 1.92. The number of unbranched alkanes of at least 4 members (excludes halogenated alkanes) is 2. The first kappa shape index (κ1) is 9.67. The van der Waals surface area contributed by atoms with E-state index in [-0.39, 0.29) is 0 Å². The van der Waals surface area contributed by atoms with Crippen LogP contribution in [0.4, 0.5) is 0 Å². The molecule has 1 nitrogen and oxygen atoms in total. The second-order valence-corrected chi connectivity index (χ2v) is 3.71. The summed E-state index contributed by atoms with van der Waals surface area (Å²) in [5, 5.41) is 1.16. The SMILES string of the molecule is CCCCCc1ccc(P)cn1. The van der Waals surface area contributed by atoms with Crippen LogP contribution in [0, 0.1) is 0 Å². The molecule has 0 fully saturated rings. The molecule has 0 bridgehead atoms. The third-order valence-corrected chi connectivity index (χ3v) is 2.23. The first-order chi connectivity index (χ1) is 5.83. The van der Waals surface area contributed by atoms with Crippen LogP contribution in [0.1, 0.15) is 31.9 Å². The summed E-state index contributed by atoms with van der Waals surface area (Å²) < 4.78 is 0. The van der Waals surface area contributed by atoms with Crippen molar-refractivity contribution in [2.24, 2.45) is 0 Å². The van der Waals surface area contributed by atoms with E-state index in [0.717, 1.165) is 11.7 Å². The van der Waals surface area contributed by atoms with Gasteiger partial charge in [0.2, 0.25) is 0 Å². The van der Waals surface area contributed by atoms with Gasteiger partial charge < -0.3 is 0 Å². The maximum Gasteiger partial charge on any atom is 0.0404 e. The fraction of sp³-hybridized carbons (Fsp3) is 0.500. The number of rotatable bonds is 4. The van der Waals surface area contributed by atoms with Crippen LogP contribution in [-0.2, 0) is 6.42 Å². The van der Waals surface area contributed by atoms with Gasteiger partial charge >= 0.3 is 0 Å². The Balaban J connectivity index is 2.37. The summed E-state index contributed by atoms with van der Waals surface area (Å²) >= 11 is 0. The minimum atomic E-state index is 1.12. The Hall–Kier alpha value is -0.420. The summed E-state index contributed by atoms with van der Waals surface area (Å²) in [6, 6.07) is 4.21. The van der Waals surface area contributed by atoms with Gasteiger partial charge in [0.25, 0.3) is 0 Å². The van der Waals surface area contributed by atoms with Crippen molar-refractivity contribution in [3.8, 4) is 0 Å². The number of aryl methyl sites for hydroxylation is 1. The molecule has 0 aliphatic heterocycles. The molecule has 1 atom stereocenters. The van der Waals surface area contributed by atoms with Gasteiger partial charge in [-0.2, -0.15) is 0 Å². The molecule has 0 aromatic carbocycles. The Bertz CT molecular complexity index is 218. The number of hydrogen-bond donors (Lipinski definition) is 0. The lowest BCUT2D eigenvalue weighted by atomic mass is 10.1. The molecule has 2 heteroatoms. The molecule has 0 radical (unpaired) electrons. The van der Waals surface area contributed by atoms with Crippen LogP contribution in [0.3, 0.4) is 0 Å². The summed E-state index contributed by atoms with van der Waals surface area (Å²) in [6.07, 6.45) is 6.89. The Labute approximate surface area is 76.8 Å². The van der Waals surface area contributed by atoms with E-state index in [0.29, 0.717) is 0 Å². The molecule has 66 valence electrons. The molecule has 1 heterocycles. The molecule has 0 saturated carbocycles. The molecule has 12 heavy (non-hydrogen) atoms. The Morgan fingerprint density at radius 3 is 2.75 bits per heavy atom. The second kappa shape index (κ2) is 5.27. The van der Waals surface area contributed by atoms with Crippen LogP contribution in [0.25, 0.3) is 0 Å². The molecule has 1 aromatic rings. The zero-order valence-electron chi connectivity index (χ0n) is 7.59. The molecule has 0 N–H and O–H groups in total. The highest BCUT2D eigenvalue weighted by atomic mass is 31.0. The Morgan fingerprint density at radius 2 is 2.17 bits per heavy atom. The number of pyridine rings is 1. The monoisotopic (exact) mass is 181 g/mol. The maximum atomic E-state index is 4.33. The van der Waals surface area contributed by atoms with Crippen LogP contribution in [-0.4, -0.2) is 4.98 Å². The van der Waals surface area contributed by atoms with E-state index >= 15 is 0 Å². The largest absolute Gasteiger partial charge is 0.261 e. The van der Waals surface area contributed by atoms with E-state index in [2.05, 4.69) is 33.3 Å². The average molecular weight is 181 g/mol. The van der Waals surface area contributed by atoms with E-state index in [1.807, 2.05) is 6.20 Å². The summed E-state index contributed by atoms with van der Waals surface area (Å²) in [5.74, 6) is 0. The number of aromatic nitrogens is 1. The van der Waals surface area contributed by atoms with Crippen molar-refractivity contribution in [3.63, 3.8) is 0 Å². The van der Waals surface area contributed by atoms with Crippen LogP contribution in [0.2, 0.25) is 0 Å². The molecule has 0 amide bonds. The fourth-order valence-electron chi connectivity index (χ4n) is 1.14. The lowest BCUT2D eigenvalue weighted by Gasteiger charge is -1.99. The van der Waals surface area contributed by atoms with Crippen LogP contribution < -0.4 is 5.30 Å². The van der Waals surface area contributed by atoms with Gasteiger partial charge in [-0.15, -0.1) is 9.24 Å². The predicted octanol–water partition coefficient (Wildman–Crippen LogP) is 2.31. The smallest absolute Gasteiger partial charge is 0.0404 e. The van der Waals surface area contributed by atoms with E-state index < -0.39 is 0 Å². The van der Waals surface area contributed by atoms with Crippen molar-refractivity contribution >= 4 is 14.5 Å². The van der Waals surface area contributed by atoms with Crippen molar-refractivity contribution in [3.05, 3.63) is 24.0 Å². The minimum absolute atomic E-state index is 1.12. The standard InChI is InChI=1S/C10H16NP/c1-2-3-4-5-9-6-7-10(12)8-11-9/h6-8H,2-5,12H2,1H3. The summed E-state index contributed by atoms with van der Waals surface area (Å²) in [7, 11) is 2.65. The molecule has 0 aliphatic rings. The van der Waals surface area contributed by atoms with Crippen molar-refractivity contribution in [2.75, 3.05) is 0 Å². The van der Waals surface area contributed by atoms with Gasteiger partial charge in [-0.3, -0.25) is 4.98 Å². The van der Waals surface area contributed by atoms with Gasteiger partial charge in [0.05, 0.1) is 0 Å². The van der Waals surface area contributed by atoms with Crippen molar-refractivity contribution < 1.29 is 0 Å². The average Bonchev–Trinajstić information content (AvgIpc) is 2.09. The summed E-state index contributed by atoms with van der Waals surface area (Å²) in [6.45, 7) is 2.22. The van der Waals surface area contributed by atoms with Crippen molar-refractivity contribution in [2.45, 2.75) is 32.6 Å². The lowest BCUT2D eigenvalue weighted by Crippen LogP contribution is -1.96. The second-order valence-electron chi connectivity index (χ2n) is 3.04. The molecular weight excluding hydrogens is 165 g/mol. The van der Waals surface area contributed by atoms with Crippen LogP contribution in [0.15, 0.2) is 18.3 Å². The van der Waals surface area contributed by atoms with Gasteiger partial charge in [0.15, 0.2) is 0 Å². The molecule has 0 saturated heterocycles. The predicted molar refractivity (Wildman–Crippen MR) is 56.8 cm³/mol. The van der Waals surface area contributed by atoms with Gasteiger partial charge in [0.1, 0.15) is 0 Å². The van der Waals surface area contributed by atoms with Gasteiger partial charge in [-0.05, 0) is 24.2 Å². The fourth-order valence-corrected chi connectivity index (χ4v) is 1.31. The highest BCUT2D eigenvalue weighted by Crippen LogP contribution is 2.02. The van der Waals surface area contributed by atoms with Crippen molar-refractivity contribution in [1.82, 2.24) is 4.98 Å². The third-order valence-electron chi connectivity index (χ3n) is 1.88. The Kier molecular flexibility index (Phi) is 4.24. The zero-order chi connectivity index (χ0) is 8.81. The molecular formula is C10H16NP. The topological polar surface area (TPSA) is 12.9 Å². The molecule has 1 unspecified atom stereocenters. The van der Waals surface area contributed by atoms with Gasteiger partial charge in [0, 0.05) is 11.9 Å². The number of hydrogen-bond acceptors (Lipinski definition) is 1. The molecule has 1 rings (SSSR count). The quantitative estimate of drug-likeness (QED) is 0.513. The van der Waals surface area contributed by atoms with Crippen LogP contribution in [0.5, 0.6) is 0 Å². The Morgan fingerprint density at radius 1 is 1.33 bits per heavy atom. The van der Waals surface area contributed by atoms with Crippen LogP contribution >= 0.6 is 9.24 Å². The van der Waals surface area contributed by atoms with Gasteiger partial charge in [-0.25, -0.2) is 0 Å². The zero-order valence-corrected chi connectivity index (χ0v) is 8.74. The summed E-state index contributed by atoms with van der Waals surface area (Å²) in [4.78, 5) is 4.33. The lowest BCUT2D eigenvalue weighted by molar-refractivity contribution is 0.707. The number of nitrogens with zero attached hydrogens (tertiary/aromatic N) is 1. The molecule has 1 aromatic heterocycles. The molecule has 0 spiro atoms. The van der Waals surface area contributed by atoms with Crippen molar-refractivity contribution in [1.29, 1.82) is 0 Å². The van der Waals surface area contributed by atoms with E-state index in [9.17, 15) is 0 Å². The molecule has 0 aliphatic carbocycles. The highest BCUT2D eigenvalue weighted by molar-refractivity contribution is 7.27. The maximum absolute atomic E-state index is 4.33. The minimum Gasteiger partial charge on any atom is -0.261 e. The van der Waals surface area contributed by atoms with E-state index in [1.54, 1.807) is 0 Å².